The number of rotatable bonds is 0. The van der Waals surface area contributed by atoms with Crippen molar-refractivity contribution in [2.45, 2.75) is 0 Å². The van der Waals surface area contributed by atoms with Crippen LogP contribution in [0.5, 0.6) is 0 Å². The molecule has 66 valence electrons. The lowest BCUT2D eigenvalue weighted by atomic mass is 10.2. The van der Waals surface area contributed by atoms with Gasteiger partial charge in [0, 0.05) is 11.8 Å². The molecule has 1 aliphatic carbocycles. The molecule has 0 amide bonds. The molecule has 3 rings (SSSR count). The molecule has 0 unspecified atom stereocenters. The van der Waals surface area contributed by atoms with Gasteiger partial charge in [-0.3, -0.25) is 0 Å². The number of nitrogens with zero attached hydrogens (tertiary/aromatic N) is 2. The summed E-state index contributed by atoms with van der Waals surface area (Å²) in [6.07, 6.45) is 3.84. The van der Waals surface area contributed by atoms with Gasteiger partial charge in [-0.05, 0) is 28.7 Å². The smallest absolute Gasteiger partial charge is 0.219 e. The Bertz CT molecular complexity index is 608. The summed E-state index contributed by atoms with van der Waals surface area (Å²) in [6, 6.07) is 8.18. The fourth-order valence-electron chi connectivity index (χ4n) is 1.71. The number of fused-ring (bicyclic) bond motifs is 2. The van der Waals surface area contributed by atoms with Crippen LogP contribution >= 0.6 is 12.2 Å². The Morgan fingerprint density at radius 1 is 1.14 bits per heavy atom. The minimum absolute atomic E-state index is 0.410. The SMILES string of the molecule is S=C1N=CC2=c3ccccc3=CC2=N1. The molecule has 3 heteroatoms. The quantitative estimate of drug-likeness (QED) is 0.555. The zero-order valence-electron chi connectivity index (χ0n) is 7.27. The Morgan fingerprint density at radius 3 is 2.93 bits per heavy atom. The van der Waals surface area contributed by atoms with Gasteiger partial charge < -0.3 is 0 Å². The standard InChI is InChI=1S/C11H6N2S/c14-11-12-6-9-8-4-2-1-3-7(8)5-10(9)13-11/h1-6H. The molecule has 0 spiro atoms. The maximum absolute atomic E-state index is 4.92. The molecule has 0 aromatic heterocycles. The molecule has 1 aromatic carbocycles. The van der Waals surface area contributed by atoms with Gasteiger partial charge >= 0.3 is 0 Å². The zero-order chi connectivity index (χ0) is 9.54. The molecule has 1 aromatic rings. The number of aliphatic imine (C=N–C) groups is 2. The van der Waals surface area contributed by atoms with Crippen LogP contribution in [0, 0.1) is 0 Å². The largest absolute Gasteiger partial charge is 0.226 e. The molecule has 0 atom stereocenters. The van der Waals surface area contributed by atoms with Crippen molar-refractivity contribution in [2.75, 3.05) is 0 Å². The van der Waals surface area contributed by atoms with Gasteiger partial charge in [0.1, 0.15) is 0 Å². The topological polar surface area (TPSA) is 24.7 Å². The van der Waals surface area contributed by atoms with Crippen molar-refractivity contribution in [1.29, 1.82) is 0 Å². The lowest BCUT2D eigenvalue weighted by molar-refractivity contribution is 1.54. The van der Waals surface area contributed by atoms with E-state index in [0.717, 1.165) is 11.3 Å². The predicted octanol–water partition coefficient (Wildman–Crippen LogP) is 0.442. The van der Waals surface area contributed by atoms with E-state index in [4.69, 9.17) is 12.2 Å². The summed E-state index contributed by atoms with van der Waals surface area (Å²) in [5.41, 5.74) is 2.01. The second-order valence-corrected chi connectivity index (χ2v) is 3.55. The van der Waals surface area contributed by atoms with Crippen LogP contribution in [0.15, 0.2) is 34.3 Å². The van der Waals surface area contributed by atoms with E-state index in [1.807, 2.05) is 18.2 Å². The highest BCUT2D eigenvalue weighted by molar-refractivity contribution is 7.80. The molecule has 0 N–H and O–H groups in total. The highest BCUT2D eigenvalue weighted by atomic mass is 32.1. The van der Waals surface area contributed by atoms with E-state index in [2.05, 4.69) is 22.1 Å². The van der Waals surface area contributed by atoms with Gasteiger partial charge in [0.2, 0.25) is 5.11 Å². The summed E-state index contributed by atoms with van der Waals surface area (Å²) in [4.78, 5) is 8.25. The van der Waals surface area contributed by atoms with Crippen LogP contribution in [0.25, 0.3) is 11.6 Å². The van der Waals surface area contributed by atoms with Crippen molar-refractivity contribution in [3.63, 3.8) is 0 Å². The third-order valence-corrected chi connectivity index (χ3v) is 2.54. The van der Waals surface area contributed by atoms with Crippen LogP contribution in [0.3, 0.4) is 0 Å². The van der Waals surface area contributed by atoms with Crippen LogP contribution in [-0.2, 0) is 0 Å². The Balaban J connectivity index is 2.45. The molecule has 1 heterocycles. The van der Waals surface area contributed by atoms with E-state index in [0.29, 0.717) is 5.11 Å². The maximum Gasteiger partial charge on any atom is 0.219 e. The van der Waals surface area contributed by atoms with Crippen LogP contribution in [0.2, 0.25) is 0 Å². The first-order chi connectivity index (χ1) is 6.84. The molecule has 2 aliphatic rings. The fraction of sp³-hybridized carbons (Fsp3) is 0. The van der Waals surface area contributed by atoms with E-state index >= 15 is 0 Å². The monoisotopic (exact) mass is 198 g/mol. The molecule has 0 radical (unpaired) electrons. The highest BCUT2D eigenvalue weighted by Gasteiger charge is 2.14. The second-order valence-electron chi connectivity index (χ2n) is 3.18. The summed E-state index contributed by atoms with van der Waals surface area (Å²) in [5.74, 6) is 0. The van der Waals surface area contributed by atoms with Gasteiger partial charge in [0.15, 0.2) is 0 Å². The van der Waals surface area contributed by atoms with Gasteiger partial charge in [0.05, 0.1) is 5.71 Å². The van der Waals surface area contributed by atoms with Crippen LogP contribution in [-0.4, -0.2) is 17.0 Å². The van der Waals surface area contributed by atoms with Crippen molar-refractivity contribution in [3.05, 3.63) is 34.7 Å². The third-order valence-electron chi connectivity index (χ3n) is 2.34. The van der Waals surface area contributed by atoms with Gasteiger partial charge in [0.25, 0.3) is 0 Å². The summed E-state index contributed by atoms with van der Waals surface area (Å²) < 4.78 is 0. The first-order valence-corrected chi connectivity index (χ1v) is 4.73. The number of hydrogen-bond acceptors (Lipinski definition) is 1. The summed E-state index contributed by atoms with van der Waals surface area (Å²) in [7, 11) is 0. The van der Waals surface area contributed by atoms with E-state index in [9.17, 15) is 0 Å². The van der Waals surface area contributed by atoms with E-state index in [-0.39, 0.29) is 0 Å². The van der Waals surface area contributed by atoms with Crippen LogP contribution in [0.1, 0.15) is 0 Å². The molecule has 1 aliphatic heterocycles. The normalized spacial score (nSPS) is 17.3. The van der Waals surface area contributed by atoms with Crippen molar-refractivity contribution < 1.29 is 0 Å². The number of thiocarbonyl (C=S) groups is 1. The van der Waals surface area contributed by atoms with Gasteiger partial charge in [-0.2, -0.15) is 0 Å². The number of hydrogen-bond donors (Lipinski definition) is 0. The van der Waals surface area contributed by atoms with E-state index in [1.165, 1.54) is 10.4 Å². The van der Waals surface area contributed by atoms with Crippen LogP contribution in [0.4, 0.5) is 0 Å². The molecule has 0 fully saturated rings. The molecule has 0 saturated carbocycles. The zero-order valence-corrected chi connectivity index (χ0v) is 8.08. The van der Waals surface area contributed by atoms with E-state index < -0.39 is 0 Å². The highest BCUT2D eigenvalue weighted by Crippen LogP contribution is 2.07. The van der Waals surface area contributed by atoms with Crippen molar-refractivity contribution in [3.8, 4) is 0 Å². The minimum atomic E-state index is 0.410. The fourth-order valence-corrected chi connectivity index (χ4v) is 1.86. The summed E-state index contributed by atoms with van der Waals surface area (Å²) in [5, 5.41) is 2.79. The van der Waals surface area contributed by atoms with Gasteiger partial charge in [-0.25, -0.2) is 9.98 Å². The first-order valence-electron chi connectivity index (χ1n) is 4.33. The molecular weight excluding hydrogens is 192 g/mol. The van der Waals surface area contributed by atoms with Gasteiger partial charge in [-0.1, -0.05) is 24.3 Å². The molecule has 0 saturated heterocycles. The predicted molar refractivity (Wildman–Crippen MR) is 62.1 cm³/mol. The van der Waals surface area contributed by atoms with Crippen molar-refractivity contribution >= 4 is 40.9 Å². The molecule has 14 heavy (non-hydrogen) atoms. The van der Waals surface area contributed by atoms with Crippen molar-refractivity contribution in [2.24, 2.45) is 9.98 Å². The number of benzene rings is 1. The second kappa shape index (κ2) is 2.69. The summed E-state index contributed by atoms with van der Waals surface area (Å²) in [6.45, 7) is 0. The summed E-state index contributed by atoms with van der Waals surface area (Å²) >= 11 is 4.92. The maximum atomic E-state index is 4.92. The lowest BCUT2D eigenvalue weighted by Gasteiger charge is -2.02. The Morgan fingerprint density at radius 2 is 2.00 bits per heavy atom. The lowest BCUT2D eigenvalue weighted by Crippen LogP contribution is -2.22. The Labute approximate surface area is 86.0 Å². The molecular formula is C11H6N2S. The van der Waals surface area contributed by atoms with Crippen molar-refractivity contribution in [1.82, 2.24) is 0 Å². The first kappa shape index (κ1) is 7.76. The average molecular weight is 198 g/mol. The Hall–Kier alpha value is -1.61. The average Bonchev–Trinajstić information content (AvgIpc) is 2.54. The van der Waals surface area contributed by atoms with Gasteiger partial charge in [-0.15, -0.1) is 0 Å². The molecule has 2 nitrogen and oxygen atoms in total. The van der Waals surface area contributed by atoms with E-state index in [1.54, 1.807) is 6.21 Å². The Kier molecular flexibility index (Phi) is 1.49. The third kappa shape index (κ3) is 0.992. The minimum Gasteiger partial charge on any atom is -0.226 e. The molecule has 0 bridgehead atoms. The van der Waals surface area contributed by atoms with Crippen LogP contribution < -0.4 is 10.4 Å².